The highest BCUT2D eigenvalue weighted by Crippen LogP contribution is 2.47. The van der Waals surface area contributed by atoms with E-state index >= 15 is 0 Å². The van der Waals surface area contributed by atoms with E-state index in [2.05, 4.69) is 30.8 Å². The van der Waals surface area contributed by atoms with Crippen LogP contribution in [-0.4, -0.2) is 45.8 Å². The SMILES string of the molecule is CCC(C)(C)C1CCC2(CC1)OCC(CCNC)O2.CCOC. The molecule has 1 saturated heterocycles. The average molecular weight is 330 g/mol. The first-order valence-electron chi connectivity index (χ1n) is 9.38. The molecular weight excluding hydrogens is 290 g/mol. The Hall–Kier alpha value is -0.160. The van der Waals surface area contributed by atoms with Crippen LogP contribution >= 0.6 is 0 Å². The Kier molecular flexibility index (Phi) is 9.06. The van der Waals surface area contributed by atoms with Gasteiger partial charge in [-0.25, -0.2) is 0 Å². The third-order valence-electron chi connectivity index (χ3n) is 5.68. The van der Waals surface area contributed by atoms with Gasteiger partial charge in [0.05, 0.1) is 12.7 Å². The maximum atomic E-state index is 6.22. The first-order chi connectivity index (χ1) is 10.9. The standard InChI is InChI=1S/C16H31NO2.C3H8O/c1-5-15(2,3)13-6-9-16(10-7-13)18-12-14(19-16)8-11-17-4;1-3-4-2/h13-14,17H,5-12H2,1-4H3;3H2,1-2H3. The Labute approximate surface area is 143 Å². The second-order valence-electron chi connectivity index (χ2n) is 7.55. The maximum absolute atomic E-state index is 6.22. The van der Waals surface area contributed by atoms with E-state index in [0.717, 1.165) is 44.9 Å². The van der Waals surface area contributed by atoms with Crippen LogP contribution in [0.15, 0.2) is 0 Å². The minimum atomic E-state index is -0.237. The third kappa shape index (κ3) is 6.33. The Morgan fingerprint density at radius 2 is 1.83 bits per heavy atom. The second-order valence-corrected chi connectivity index (χ2v) is 7.55. The molecule has 0 radical (unpaired) electrons. The van der Waals surface area contributed by atoms with Gasteiger partial charge in [0.1, 0.15) is 0 Å². The predicted molar refractivity (Wildman–Crippen MR) is 95.7 cm³/mol. The summed E-state index contributed by atoms with van der Waals surface area (Å²) in [5, 5.41) is 3.18. The second kappa shape index (κ2) is 9.97. The fraction of sp³-hybridized carbons (Fsp3) is 1.00. The highest BCUT2D eigenvalue weighted by atomic mass is 16.7. The summed E-state index contributed by atoms with van der Waals surface area (Å²) >= 11 is 0. The molecule has 2 aliphatic rings. The highest BCUT2D eigenvalue weighted by Gasteiger charge is 2.46. The van der Waals surface area contributed by atoms with Gasteiger partial charge in [0.15, 0.2) is 5.79 Å². The number of ether oxygens (including phenoxy) is 3. The van der Waals surface area contributed by atoms with Crippen molar-refractivity contribution in [2.24, 2.45) is 11.3 Å². The number of nitrogens with one attached hydrogen (secondary N) is 1. The normalized spacial score (nSPS) is 31.0. The largest absolute Gasteiger partial charge is 0.385 e. The summed E-state index contributed by atoms with van der Waals surface area (Å²) in [6.45, 7) is 11.7. The Bertz CT molecular complexity index is 310. The van der Waals surface area contributed by atoms with Crippen LogP contribution < -0.4 is 5.32 Å². The van der Waals surface area contributed by atoms with Gasteiger partial charge in [-0.05, 0) is 51.1 Å². The number of hydrogen-bond acceptors (Lipinski definition) is 4. The van der Waals surface area contributed by atoms with E-state index in [1.54, 1.807) is 7.11 Å². The summed E-state index contributed by atoms with van der Waals surface area (Å²) < 4.78 is 16.8. The van der Waals surface area contributed by atoms with Crippen LogP contribution in [0.3, 0.4) is 0 Å². The molecule has 1 N–H and O–H groups in total. The Balaban J connectivity index is 0.000000593. The van der Waals surface area contributed by atoms with Crippen LogP contribution in [-0.2, 0) is 14.2 Å². The van der Waals surface area contributed by atoms with Gasteiger partial charge in [-0.15, -0.1) is 0 Å². The molecule has 23 heavy (non-hydrogen) atoms. The molecular formula is C19H39NO3. The van der Waals surface area contributed by atoms with E-state index in [4.69, 9.17) is 9.47 Å². The van der Waals surface area contributed by atoms with Crippen LogP contribution in [0.1, 0.15) is 66.2 Å². The van der Waals surface area contributed by atoms with Crippen molar-refractivity contribution in [3.63, 3.8) is 0 Å². The molecule has 0 aromatic rings. The molecule has 138 valence electrons. The Morgan fingerprint density at radius 1 is 1.22 bits per heavy atom. The monoisotopic (exact) mass is 329 g/mol. The van der Waals surface area contributed by atoms with Gasteiger partial charge >= 0.3 is 0 Å². The molecule has 0 aromatic carbocycles. The summed E-state index contributed by atoms with van der Waals surface area (Å²) in [6.07, 6.45) is 7.27. The van der Waals surface area contributed by atoms with Crippen LogP contribution in [0.2, 0.25) is 0 Å². The summed E-state index contributed by atoms with van der Waals surface area (Å²) in [6, 6.07) is 0. The first-order valence-corrected chi connectivity index (χ1v) is 9.38. The van der Waals surface area contributed by atoms with Crippen molar-refractivity contribution in [3.8, 4) is 0 Å². The van der Waals surface area contributed by atoms with Gasteiger partial charge in [0, 0.05) is 26.6 Å². The molecule has 2 fully saturated rings. The van der Waals surface area contributed by atoms with Crippen molar-refractivity contribution in [1.29, 1.82) is 0 Å². The molecule has 0 aromatic heterocycles. The fourth-order valence-corrected chi connectivity index (χ4v) is 3.45. The van der Waals surface area contributed by atoms with E-state index in [9.17, 15) is 0 Å². The van der Waals surface area contributed by atoms with Crippen molar-refractivity contribution in [2.75, 3.05) is 33.9 Å². The van der Waals surface area contributed by atoms with Crippen molar-refractivity contribution >= 4 is 0 Å². The van der Waals surface area contributed by atoms with E-state index in [0.29, 0.717) is 11.5 Å². The molecule has 4 heteroatoms. The molecule has 0 amide bonds. The van der Waals surface area contributed by atoms with Crippen molar-refractivity contribution < 1.29 is 14.2 Å². The smallest absolute Gasteiger partial charge is 0.168 e. The van der Waals surface area contributed by atoms with Gasteiger partial charge in [-0.2, -0.15) is 0 Å². The van der Waals surface area contributed by atoms with Crippen LogP contribution in [0.25, 0.3) is 0 Å². The summed E-state index contributed by atoms with van der Waals surface area (Å²) in [7, 11) is 3.67. The van der Waals surface area contributed by atoms with E-state index < -0.39 is 0 Å². The lowest BCUT2D eigenvalue weighted by atomic mass is 9.68. The average Bonchev–Trinajstić information content (AvgIpc) is 2.96. The zero-order valence-corrected chi connectivity index (χ0v) is 16.2. The minimum absolute atomic E-state index is 0.237. The summed E-state index contributed by atoms with van der Waals surface area (Å²) in [4.78, 5) is 0. The first kappa shape index (κ1) is 20.9. The molecule has 1 aliphatic heterocycles. The molecule has 1 spiro atoms. The summed E-state index contributed by atoms with van der Waals surface area (Å²) in [5.74, 6) is 0.588. The lowest BCUT2D eigenvalue weighted by Crippen LogP contribution is -2.39. The lowest BCUT2D eigenvalue weighted by molar-refractivity contribution is -0.197. The van der Waals surface area contributed by atoms with Crippen LogP contribution in [0.5, 0.6) is 0 Å². The zero-order valence-electron chi connectivity index (χ0n) is 16.2. The number of rotatable bonds is 6. The number of methoxy groups -OCH3 is 1. The third-order valence-corrected chi connectivity index (χ3v) is 5.68. The molecule has 1 saturated carbocycles. The molecule has 4 nitrogen and oxygen atoms in total. The molecule has 0 bridgehead atoms. The zero-order chi connectivity index (χ0) is 17.3. The Morgan fingerprint density at radius 3 is 2.30 bits per heavy atom. The summed E-state index contributed by atoms with van der Waals surface area (Å²) in [5.41, 5.74) is 0.464. The van der Waals surface area contributed by atoms with Gasteiger partial charge in [0.2, 0.25) is 0 Å². The predicted octanol–water partition coefficient (Wildman–Crippen LogP) is 3.99. The van der Waals surface area contributed by atoms with Gasteiger partial charge in [0.25, 0.3) is 0 Å². The molecule has 1 atom stereocenters. The van der Waals surface area contributed by atoms with Crippen molar-refractivity contribution in [1.82, 2.24) is 5.32 Å². The quantitative estimate of drug-likeness (QED) is 0.800. The maximum Gasteiger partial charge on any atom is 0.168 e. The van der Waals surface area contributed by atoms with Gasteiger partial charge in [-0.3, -0.25) is 0 Å². The van der Waals surface area contributed by atoms with Crippen molar-refractivity contribution in [3.05, 3.63) is 0 Å². The minimum Gasteiger partial charge on any atom is -0.385 e. The topological polar surface area (TPSA) is 39.7 Å². The van der Waals surface area contributed by atoms with Gasteiger partial charge in [-0.1, -0.05) is 27.2 Å². The van der Waals surface area contributed by atoms with E-state index in [-0.39, 0.29) is 5.79 Å². The van der Waals surface area contributed by atoms with Crippen LogP contribution in [0, 0.1) is 11.3 Å². The lowest BCUT2D eigenvalue weighted by Gasteiger charge is -2.42. The fourth-order valence-electron chi connectivity index (χ4n) is 3.45. The molecule has 1 unspecified atom stereocenters. The number of hydrogen-bond donors (Lipinski definition) is 1. The van der Waals surface area contributed by atoms with Crippen LogP contribution in [0.4, 0.5) is 0 Å². The van der Waals surface area contributed by atoms with E-state index in [1.165, 1.54) is 19.3 Å². The molecule has 2 rings (SSSR count). The molecule has 1 aliphatic carbocycles. The molecule has 1 heterocycles. The van der Waals surface area contributed by atoms with Crippen molar-refractivity contribution in [2.45, 2.75) is 78.1 Å². The van der Waals surface area contributed by atoms with E-state index in [1.807, 2.05) is 14.0 Å². The highest BCUT2D eigenvalue weighted by molar-refractivity contribution is 4.89. The van der Waals surface area contributed by atoms with Gasteiger partial charge < -0.3 is 19.5 Å².